The molecule has 2 aromatic heterocycles. The van der Waals surface area contributed by atoms with E-state index in [1.807, 2.05) is 0 Å². The maximum atomic E-state index is 7.27. The highest BCUT2D eigenvalue weighted by Crippen LogP contribution is 2.51. The van der Waals surface area contributed by atoms with Crippen molar-refractivity contribution >= 4 is 88.8 Å². The van der Waals surface area contributed by atoms with Crippen LogP contribution in [0.5, 0.6) is 0 Å². The normalized spacial score (nSPS) is 12.8. The number of para-hydroxylation sites is 1. The molecule has 0 fully saturated rings. The van der Waals surface area contributed by atoms with Gasteiger partial charge in [0, 0.05) is 61.8 Å². The van der Waals surface area contributed by atoms with Gasteiger partial charge in [-0.25, -0.2) is 0 Å². The largest absolute Gasteiger partial charge is 0.456 e. The van der Waals surface area contributed by atoms with Crippen molar-refractivity contribution in [1.82, 2.24) is 0 Å². The lowest BCUT2D eigenvalue weighted by molar-refractivity contribution is 0.590. The molecule has 0 aliphatic heterocycles. The average Bonchev–Trinajstić information content (AvgIpc) is 3.85. The molecular weight excluding hydrogens is 805 g/mol. The molecule has 0 saturated heterocycles. The van der Waals surface area contributed by atoms with E-state index in [2.05, 4.69) is 251 Å². The summed E-state index contributed by atoms with van der Waals surface area (Å²) in [4.78, 5) is 4.73. The number of benzene rings is 8. The molecule has 8 aromatic carbocycles. The van der Waals surface area contributed by atoms with E-state index in [0.29, 0.717) is 0 Å². The molecule has 0 amide bonds. The van der Waals surface area contributed by atoms with Crippen LogP contribution < -0.4 is 9.80 Å². The van der Waals surface area contributed by atoms with Crippen LogP contribution in [0.25, 0.3) is 54.6 Å². The molecule has 0 bridgehead atoms. The van der Waals surface area contributed by atoms with Crippen LogP contribution >= 0.6 is 0 Å². The third kappa shape index (κ3) is 7.51. The molecule has 0 aliphatic carbocycles. The zero-order valence-electron chi connectivity index (χ0n) is 40.7. The van der Waals surface area contributed by atoms with Gasteiger partial charge in [0.2, 0.25) is 0 Å². The Morgan fingerprint density at radius 1 is 0.303 bits per heavy atom. The molecule has 66 heavy (non-hydrogen) atoms. The Balaban J connectivity index is 1.27. The van der Waals surface area contributed by atoms with Crippen LogP contribution in [0.4, 0.5) is 34.1 Å². The second-order valence-corrected chi connectivity index (χ2v) is 22.3. The van der Waals surface area contributed by atoms with E-state index in [1.165, 1.54) is 22.3 Å². The van der Waals surface area contributed by atoms with Crippen molar-refractivity contribution in [3.05, 3.63) is 180 Å². The van der Waals surface area contributed by atoms with Crippen molar-refractivity contribution in [3.8, 4) is 0 Å². The van der Waals surface area contributed by atoms with Gasteiger partial charge in [-0.2, -0.15) is 0 Å². The highest BCUT2D eigenvalue weighted by molar-refractivity contribution is 6.33. The van der Waals surface area contributed by atoms with E-state index >= 15 is 0 Å². The standard InChI is InChI=1S/C62H62N2O2/c1-59(2,3)39-21-29-43(30-22-39)63(44-31-23-40(24-32-44)60(4,5)6)50-37-53-55(48-18-14-13-17-47(48)50)57-54(65-53)38-51(58-56(57)49-19-15-16-20-52(49)66-58)64(45-33-25-41(26-34-45)61(7,8)9)46-35-27-42(28-36-46)62(10,11)12/h13-38H,1-12H3. The van der Waals surface area contributed by atoms with Crippen LogP contribution in [0.3, 0.4) is 0 Å². The number of nitrogens with zero attached hydrogens (tertiary/aromatic N) is 2. The molecule has 10 rings (SSSR count). The third-order valence-electron chi connectivity index (χ3n) is 13.5. The first kappa shape index (κ1) is 43.1. The fourth-order valence-corrected chi connectivity index (χ4v) is 9.62. The molecule has 4 heteroatoms. The van der Waals surface area contributed by atoms with Gasteiger partial charge in [0.05, 0.1) is 11.4 Å². The predicted molar refractivity (Wildman–Crippen MR) is 283 cm³/mol. The zero-order chi connectivity index (χ0) is 46.5. The maximum Gasteiger partial charge on any atom is 0.160 e. The maximum absolute atomic E-state index is 7.27. The van der Waals surface area contributed by atoms with Crippen molar-refractivity contribution in [2.75, 3.05) is 9.80 Å². The lowest BCUT2D eigenvalue weighted by Crippen LogP contribution is -2.14. The van der Waals surface area contributed by atoms with Crippen LogP contribution in [0.2, 0.25) is 0 Å². The number of hydrogen-bond donors (Lipinski definition) is 0. The third-order valence-corrected chi connectivity index (χ3v) is 13.5. The molecule has 332 valence electrons. The van der Waals surface area contributed by atoms with Gasteiger partial charge in [0.1, 0.15) is 16.7 Å². The van der Waals surface area contributed by atoms with Gasteiger partial charge >= 0.3 is 0 Å². The number of rotatable bonds is 6. The van der Waals surface area contributed by atoms with Crippen LogP contribution in [-0.2, 0) is 21.7 Å². The Morgan fingerprint density at radius 2 is 0.652 bits per heavy atom. The molecule has 0 aliphatic rings. The van der Waals surface area contributed by atoms with Gasteiger partial charge in [0.25, 0.3) is 0 Å². The van der Waals surface area contributed by atoms with E-state index in [-0.39, 0.29) is 21.7 Å². The monoisotopic (exact) mass is 866 g/mol. The second kappa shape index (κ2) is 15.4. The molecule has 0 saturated carbocycles. The Labute approximate surface area is 390 Å². The number of hydrogen-bond acceptors (Lipinski definition) is 4. The minimum Gasteiger partial charge on any atom is -0.456 e. The van der Waals surface area contributed by atoms with Crippen LogP contribution in [0.15, 0.2) is 167 Å². The van der Waals surface area contributed by atoms with Gasteiger partial charge in [0.15, 0.2) is 5.58 Å². The van der Waals surface area contributed by atoms with E-state index in [4.69, 9.17) is 8.83 Å². The van der Waals surface area contributed by atoms with Crippen LogP contribution in [0.1, 0.15) is 105 Å². The Morgan fingerprint density at radius 3 is 1.08 bits per heavy atom. The summed E-state index contributed by atoms with van der Waals surface area (Å²) in [6.07, 6.45) is 0. The minimum absolute atomic E-state index is 0.0138. The molecule has 4 nitrogen and oxygen atoms in total. The van der Waals surface area contributed by atoms with Crippen LogP contribution in [-0.4, -0.2) is 0 Å². The summed E-state index contributed by atoms with van der Waals surface area (Å²) in [7, 11) is 0. The van der Waals surface area contributed by atoms with Gasteiger partial charge in [-0.1, -0.05) is 174 Å². The molecule has 0 unspecified atom stereocenters. The van der Waals surface area contributed by atoms with Crippen molar-refractivity contribution in [1.29, 1.82) is 0 Å². The fourth-order valence-electron chi connectivity index (χ4n) is 9.62. The number of anilines is 6. The number of fused-ring (bicyclic) bond motifs is 9. The van der Waals surface area contributed by atoms with Gasteiger partial charge in [-0.3, -0.25) is 0 Å². The summed E-state index contributed by atoms with van der Waals surface area (Å²) in [6.45, 7) is 27.2. The van der Waals surface area contributed by atoms with E-state index in [9.17, 15) is 0 Å². The lowest BCUT2D eigenvalue weighted by Gasteiger charge is -2.29. The summed E-state index contributed by atoms with van der Waals surface area (Å²) in [6, 6.07) is 57.8. The van der Waals surface area contributed by atoms with E-state index in [0.717, 1.165) is 88.8 Å². The van der Waals surface area contributed by atoms with Crippen LogP contribution in [0, 0.1) is 0 Å². The van der Waals surface area contributed by atoms with Gasteiger partial charge in [-0.05, 0) is 104 Å². The molecule has 0 spiro atoms. The second-order valence-electron chi connectivity index (χ2n) is 22.3. The fraction of sp³-hybridized carbons (Fsp3) is 0.258. The summed E-state index contributed by atoms with van der Waals surface area (Å²) in [5.74, 6) is 0. The Kier molecular flexibility index (Phi) is 10.1. The SMILES string of the molecule is CC(C)(C)c1ccc(N(c2ccc(C(C)(C)C)cc2)c2cc3oc4cc(N(c5ccc(C(C)(C)C)cc5)c5ccc(C(C)(C)C)cc5)c5oc6ccccc6c5c4c3c3ccccc23)cc1. The summed E-state index contributed by atoms with van der Waals surface area (Å²) in [5.41, 5.74) is 14.8. The highest BCUT2D eigenvalue weighted by Gasteiger charge is 2.28. The van der Waals surface area contributed by atoms with Crippen molar-refractivity contribution in [2.24, 2.45) is 0 Å². The van der Waals surface area contributed by atoms with Gasteiger partial charge < -0.3 is 18.6 Å². The molecule has 2 heterocycles. The van der Waals surface area contributed by atoms with Gasteiger partial charge in [-0.15, -0.1) is 0 Å². The molecule has 0 atom stereocenters. The highest BCUT2D eigenvalue weighted by atomic mass is 16.3. The first-order valence-corrected chi connectivity index (χ1v) is 23.5. The van der Waals surface area contributed by atoms with Crippen molar-refractivity contribution in [3.63, 3.8) is 0 Å². The molecule has 0 N–H and O–H groups in total. The lowest BCUT2D eigenvalue weighted by atomic mass is 9.86. The predicted octanol–water partition coefficient (Wildman–Crippen LogP) is 18.8. The Bertz CT molecular complexity index is 3300. The van der Waals surface area contributed by atoms with Crippen molar-refractivity contribution < 1.29 is 8.83 Å². The average molecular weight is 867 g/mol. The van der Waals surface area contributed by atoms with E-state index in [1.54, 1.807) is 0 Å². The van der Waals surface area contributed by atoms with E-state index < -0.39 is 0 Å². The molecular formula is C62H62N2O2. The molecule has 10 aromatic rings. The minimum atomic E-state index is 0.0138. The first-order chi connectivity index (χ1) is 31.3. The Hall–Kier alpha value is -6.78. The zero-order valence-corrected chi connectivity index (χ0v) is 40.7. The first-order valence-electron chi connectivity index (χ1n) is 23.5. The quantitative estimate of drug-likeness (QED) is 0.167. The van der Waals surface area contributed by atoms with Crippen molar-refractivity contribution in [2.45, 2.75) is 105 Å². The number of furan rings is 2. The smallest absolute Gasteiger partial charge is 0.160 e. The topological polar surface area (TPSA) is 32.8 Å². The molecule has 0 radical (unpaired) electrons. The summed E-state index contributed by atoms with van der Waals surface area (Å²) < 4.78 is 14.3. The summed E-state index contributed by atoms with van der Waals surface area (Å²) >= 11 is 0. The summed E-state index contributed by atoms with van der Waals surface area (Å²) in [5, 5.41) is 6.49.